The molecule has 1 aromatic carbocycles. The Morgan fingerprint density at radius 2 is 2.08 bits per heavy atom. The highest BCUT2D eigenvalue weighted by atomic mass is 16.5. The van der Waals surface area contributed by atoms with Gasteiger partial charge >= 0.3 is 0 Å². The fourth-order valence-electron chi connectivity index (χ4n) is 2.69. The van der Waals surface area contributed by atoms with E-state index < -0.39 is 0 Å². The van der Waals surface area contributed by atoms with Crippen LogP contribution in [0.5, 0.6) is 0 Å². The number of hydrogen-bond donors (Lipinski definition) is 2. The Balaban J connectivity index is 1.47. The second-order valence-electron chi connectivity index (χ2n) is 6.16. The Bertz CT molecular complexity index is 662. The predicted molar refractivity (Wildman–Crippen MR) is 95.2 cm³/mol. The molecule has 5 heteroatoms. The standard InChI is InChI=1S/C19H23N3O2/c1-14-4-6-15(7-5-14)11-19(23)22-16-8-9-18(20-12-16)21-13-17-3-2-10-24-17/h4-9,12,17H,2-3,10-11,13H2,1H3,(H,20,21)(H,22,23). The van der Waals surface area contributed by atoms with Crippen molar-refractivity contribution < 1.29 is 9.53 Å². The lowest BCUT2D eigenvalue weighted by molar-refractivity contribution is -0.115. The Kier molecular flexibility index (Phi) is 5.43. The molecule has 0 radical (unpaired) electrons. The molecule has 2 aromatic rings. The lowest BCUT2D eigenvalue weighted by Gasteiger charge is -2.11. The van der Waals surface area contributed by atoms with Gasteiger partial charge in [-0.1, -0.05) is 29.8 Å². The summed E-state index contributed by atoms with van der Waals surface area (Å²) in [5.74, 6) is 0.753. The van der Waals surface area contributed by atoms with Crippen LogP contribution in [0.4, 0.5) is 11.5 Å². The first kappa shape index (κ1) is 16.5. The van der Waals surface area contributed by atoms with Crippen LogP contribution >= 0.6 is 0 Å². The lowest BCUT2D eigenvalue weighted by atomic mass is 10.1. The zero-order chi connectivity index (χ0) is 16.8. The first-order valence-corrected chi connectivity index (χ1v) is 8.36. The normalized spacial score (nSPS) is 16.8. The molecular formula is C19H23N3O2. The molecule has 1 amide bonds. The van der Waals surface area contributed by atoms with Crippen molar-refractivity contribution in [2.45, 2.75) is 32.3 Å². The largest absolute Gasteiger partial charge is 0.376 e. The van der Waals surface area contributed by atoms with E-state index in [1.54, 1.807) is 6.20 Å². The molecule has 0 aliphatic carbocycles. The molecule has 24 heavy (non-hydrogen) atoms. The summed E-state index contributed by atoms with van der Waals surface area (Å²) >= 11 is 0. The molecule has 126 valence electrons. The lowest BCUT2D eigenvalue weighted by Crippen LogP contribution is -2.19. The number of carbonyl (C=O) groups excluding carboxylic acids is 1. The van der Waals surface area contributed by atoms with Crippen LogP contribution in [0.15, 0.2) is 42.6 Å². The Morgan fingerprint density at radius 1 is 1.25 bits per heavy atom. The molecule has 0 bridgehead atoms. The van der Waals surface area contributed by atoms with Crippen molar-refractivity contribution in [3.05, 3.63) is 53.7 Å². The molecule has 1 atom stereocenters. The maximum absolute atomic E-state index is 12.1. The highest BCUT2D eigenvalue weighted by Gasteiger charge is 2.14. The number of rotatable bonds is 6. The zero-order valence-corrected chi connectivity index (χ0v) is 13.9. The molecule has 3 rings (SSSR count). The van der Waals surface area contributed by atoms with Crippen LogP contribution in [0.1, 0.15) is 24.0 Å². The number of benzene rings is 1. The summed E-state index contributed by atoms with van der Waals surface area (Å²) in [6, 6.07) is 11.7. The number of hydrogen-bond acceptors (Lipinski definition) is 4. The van der Waals surface area contributed by atoms with Gasteiger partial charge in [0, 0.05) is 13.2 Å². The molecule has 5 nitrogen and oxygen atoms in total. The molecule has 1 unspecified atom stereocenters. The molecule has 0 spiro atoms. The molecule has 1 saturated heterocycles. The molecular weight excluding hydrogens is 302 g/mol. The number of pyridine rings is 1. The Labute approximate surface area is 142 Å². The van der Waals surface area contributed by atoms with Crippen LogP contribution in [0.3, 0.4) is 0 Å². The summed E-state index contributed by atoms with van der Waals surface area (Å²) in [5.41, 5.74) is 2.89. The van der Waals surface area contributed by atoms with Gasteiger partial charge in [-0.2, -0.15) is 0 Å². The molecule has 2 N–H and O–H groups in total. The number of aryl methyl sites for hydroxylation is 1. The van der Waals surface area contributed by atoms with Crippen molar-refractivity contribution in [1.29, 1.82) is 0 Å². The topological polar surface area (TPSA) is 63.2 Å². The van der Waals surface area contributed by atoms with E-state index in [-0.39, 0.29) is 12.0 Å². The summed E-state index contributed by atoms with van der Waals surface area (Å²) in [7, 11) is 0. The Hall–Kier alpha value is -2.40. The molecule has 0 saturated carbocycles. The average Bonchev–Trinajstić information content (AvgIpc) is 3.10. The van der Waals surface area contributed by atoms with Crippen molar-refractivity contribution in [2.75, 3.05) is 23.8 Å². The second kappa shape index (κ2) is 7.93. The van der Waals surface area contributed by atoms with Crippen LogP contribution in [0.25, 0.3) is 0 Å². The number of amides is 1. The number of anilines is 2. The summed E-state index contributed by atoms with van der Waals surface area (Å²) in [4.78, 5) is 16.4. The summed E-state index contributed by atoms with van der Waals surface area (Å²) in [6.07, 6.45) is 4.54. The molecule has 1 aliphatic rings. The van der Waals surface area contributed by atoms with Crippen molar-refractivity contribution in [2.24, 2.45) is 0 Å². The third-order valence-electron chi connectivity index (χ3n) is 4.07. The van der Waals surface area contributed by atoms with Gasteiger partial charge in [0.25, 0.3) is 0 Å². The van der Waals surface area contributed by atoms with E-state index in [0.717, 1.165) is 37.4 Å². The molecule has 1 aromatic heterocycles. The monoisotopic (exact) mass is 325 g/mol. The zero-order valence-electron chi connectivity index (χ0n) is 13.9. The first-order valence-electron chi connectivity index (χ1n) is 8.36. The van der Waals surface area contributed by atoms with Gasteiger partial charge in [-0.05, 0) is 37.5 Å². The third-order valence-corrected chi connectivity index (χ3v) is 4.07. The van der Waals surface area contributed by atoms with Gasteiger partial charge in [0.15, 0.2) is 0 Å². The quantitative estimate of drug-likeness (QED) is 0.856. The van der Waals surface area contributed by atoms with Gasteiger partial charge in [0.1, 0.15) is 5.82 Å². The van der Waals surface area contributed by atoms with Crippen molar-refractivity contribution >= 4 is 17.4 Å². The van der Waals surface area contributed by atoms with Gasteiger partial charge in [-0.25, -0.2) is 4.98 Å². The van der Waals surface area contributed by atoms with E-state index in [1.807, 2.05) is 43.3 Å². The van der Waals surface area contributed by atoms with E-state index in [9.17, 15) is 4.79 Å². The van der Waals surface area contributed by atoms with Crippen LogP contribution in [0.2, 0.25) is 0 Å². The number of ether oxygens (including phenoxy) is 1. The van der Waals surface area contributed by atoms with Crippen molar-refractivity contribution in [3.8, 4) is 0 Å². The van der Waals surface area contributed by atoms with Crippen LogP contribution in [0, 0.1) is 6.92 Å². The highest BCUT2D eigenvalue weighted by Crippen LogP contribution is 2.14. The summed E-state index contributed by atoms with van der Waals surface area (Å²) < 4.78 is 5.57. The number of aromatic nitrogens is 1. The summed E-state index contributed by atoms with van der Waals surface area (Å²) in [6.45, 7) is 3.65. The van der Waals surface area contributed by atoms with E-state index in [1.165, 1.54) is 5.56 Å². The minimum absolute atomic E-state index is 0.0410. The summed E-state index contributed by atoms with van der Waals surface area (Å²) in [5, 5.41) is 6.14. The average molecular weight is 325 g/mol. The van der Waals surface area contributed by atoms with Crippen molar-refractivity contribution in [1.82, 2.24) is 4.98 Å². The van der Waals surface area contributed by atoms with Gasteiger partial charge in [0.2, 0.25) is 5.91 Å². The maximum atomic E-state index is 12.1. The number of carbonyl (C=O) groups is 1. The van der Waals surface area contributed by atoms with E-state index >= 15 is 0 Å². The first-order chi connectivity index (χ1) is 11.7. The van der Waals surface area contributed by atoms with Gasteiger partial charge in [0.05, 0.1) is 24.4 Å². The van der Waals surface area contributed by atoms with Crippen LogP contribution < -0.4 is 10.6 Å². The molecule has 1 aliphatic heterocycles. The number of nitrogens with one attached hydrogen (secondary N) is 2. The molecule has 1 fully saturated rings. The highest BCUT2D eigenvalue weighted by molar-refractivity contribution is 5.92. The van der Waals surface area contributed by atoms with Gasteiger partial charge < -0.3 is 15.4 Å². The smallest absolute Gasteiger partial charge is 0.228 e. The van der Waals surface area contributed by atoms with Crippen LogP contribution in [-0.4, -0.2) is 30.1 Å². The minimum atomic E-state index is -0.0410. The van der Waals surface area contributed by atoms with E-state index in [0.29, 0.717) is 12.1 Å². The Morgan fingerprint density at radius 3 is 2.75 bits per heavy atom. The van der Waals surface area contributed by atoms with Crippen LogP contribution in [-0.2, 0) is 16.0 Å². The third kappa shape index (κ3) is 4.80. The van der Waals surface area contributed by atoms with E-state index in [2.05, 4.69) is 15.6 Å². The predicted octanol–water partition coefficient (Wildman–Crippen LogP) is 3.16. The fourth-order valence-corrected chi connectivity index (χ4v) is 2.69. The van der Waals surface area contributed by atoms with E-state index in [4.69, 9.17) is 4.74 Å². The number of nitrogens with zero attached hydrogens (tertiary/aromatic N) is 1. The SMILES string of the molecule is Cc1ccc(CC(=O)Nc2ccc(NCC3CCCO3)nc2)cc1. The maximum Gasteiger partial charge on any atom is 0.228 e. The van der Waals surface area contributed by atoms with Gasteiger partial charge in [-0.15, -0.1) is 0 Å². The van der Waals surface area contributed by atoms with Crippen molar-refractivity contribution in [3.63, 3.8) is 0 Å². The van der Waals surface area contributed by atoms with Gasteiger partial charge in [-0.3, -0.25) is 4.79 Å². The minimum Gasteiger partial charge on any atom is -0.376 e. The second-order valence-corrected chi connectivity index (χ2v) is 6.16. The fraction of sp³-hybridized carbons (Fsp3) is 0.368. The molecule has 2 heterocycles.